The second kappa shape index (κ2) is 17.4. The van der Waals surface area contributed by atoms with Crippen LogP contribution < -0.4 is 10.6 Å². The van der Waals surface area contributed by atoms with Crippen molar-refractivity contribution in [3.8, 4) is 33.6 Å². The van der Waals surface area contributed by atoms with E-state index in [2.05, 4.69) is 54.8 Å². The Hall–Kier alpha value is -6.45. The fourth-order valence-electron chi connectivity index (χ4n) is 7.88. The molecule has 4 N–H and O–H groups in total. The SMILES string of the molecule is COC(=O)N[C@@H](Cc1cn(C)cn1)C(=O)N1CCC[C@H]1c1ncc(-c2ccc(-c3ccc(-c4cnc([C@@H]5CCCN5C(=O)[C@@H](NC(=O)OC)C(C)C)[nH]4)cc3)cc2)[nH]1. The summed E-state index contributed by atoms with van der Waals surface area (Å²) in [5.41, 5.74) is 6.40. The lowest BCUT2D eigenvalue weighted by Crippen LogP contribution is -2.51. The van der Waals surface area contributed by atoms with Crippen molar-refractivity contribution in [3.63, 3.8) is 0 Å². The number of rotatable bonds is 12. The number of aryl methyl sites for hydroxylation is 1. The van der Waals surface area contributed by atoms with E-state index < -0.39 is 24.3 Å². The Morgan fingerprint density at radius 2 is 1.21 bits per heavy atom. The molecule has 0 unspecified atom stereocenters. The van der Waals surface area contributed by atoms with Crippen LogP contribution in [0.4, 0.5) is 9.59 Å². The molecule has 16 heteroatoms. The van der Waals surface area contributed by atoms with Gasteiger partial charge in [0.15, 0.2) is 0 Å². The number of H-pyrrole nitrogens is 2. The van der Waals surface area contributed by atoms with Crippen LogP contribution in [0, 0.1) is 5.92 Å². The lowest BCUT2D eigenvalue weighted by atomic mass is 10.0. The maximum absolute atomic E-state index is 13.9. The number of likely N-dealkylation sites (tertiary alicyclic amines) is 2. The molecule has 0 aliphatic carbocycles. The standard InChI is InChI=1S/C42H50N10O6/c1-25(2)36(49-42(56)58-5)40(54)52-19-7-9-35(52)38-44-22-33(47-38)29-16-12-27(13-17-29)26-10-14-28(15-11-26)32-21-43-37(46-32)34-8-6-18-51(34)39(53)31(48-41(55)57-4)20-30-23-50(3)24-45-30/h10-17,21-25,31,34-36H,6-9,18-20H2,1-5H3,(H,43,46)(H,44,47)(H,48,55)(H,49,56)/t31-,34-,35-,36-/m0/s1. The lowest BCUT2D eigenvalue weighted by Gasteiger charge is -2.30. The highest BCUT2D eigenvalue weighted by Gasteiger charge is 2.38. The minimum absolute atomic E-state index is 0.109. The highest BCUT2D eigenvalue weighted by molar-refractivity contribution is 5.87. The van der Waals surface area contributed by atoms with Gasteiger partial charge in [-0.1, -0.05) is 62.4 Å². The maximum atomic E-state index is 13.9. The van der Waals surface area contributed by atoms with Gasteiger partial charge in [-0.2, -0.15) is 0 Å². The Bertz CT molecular complexity index is 2230. The van der Waals surface area contributed by atoms with Gasteiger partial charge in [0, 0.05) is 32.8 Å². The number of aromatic amines is 2. The highest BCUT2D eigenvalue weighted by atomic mass is 16.5. The molecule has 5 heterocycles. The molecule has 2 aliphatic heterocycles. The van der Waals surface area contributed by atoms with Crippen molar-refractivity contribution in [1.82, 2.24) is 49.9 Å². The number of carbonyl (C=O) groups is 4. The van der Waals surface area contributed by atoms with Gasteiger partial charge < -0.3 is 44.4 Å². The molecule has 3 aromatic heterocycles. The smallest absolute Gasteiger partial charge is 0.407 e. The van der Waals surface area contributed by atoms with E-state index in [4.69, 9.17) is 14.5 Å². The van der Waals surface area contributed by atoms with Gasteiger partial charge in [0.2, 0.25) is 11.8 Å². The van der Waals surface area contributed by atoms with Crippen LogP contribution in [0.1, 0.15) is 69.0 Å². The molecule has 0 radical (unpaired) electrons. The molecule has 0 saturated carbocycles. The third-order valence-corrected chi connectivity index (χ3v) is 11.0. The number of nitrogens with zero attached hydrogens (tertiary/aromatic N) is 6. The van der Waals surface area contributed by atoms with Crippen LogP contribution in [0.15, 0.2) is 73.4 Å². The predicted octanol–water partition coefficient (Wildman–Crippen LogP) is 5.54. The summed E-state index contributed by atoms with van der Waals surface area (Å²) in [6.45, 7) is 4.93. The van der Waals surface area contributed by atoms with Crippen molar-refractivity contribution >= 4 is 24.0 Å². The molecule has 2 saturated heterocycles. The molecule has 0 spiro atoms. The van der Waals surface area contributed by atoms with E-state index >= 15 is 0 Å². The summed E-state index contributed by atoms with van der Waals surface area (Å²) in [6.07, 6.45) is 9.19. The molecular formula is C42H50N10O6. The first-order valence-corrected chi connectivity index (χ1v) is 19.6. The average molecular weight is 791 g/mol. The molecule has 2 aliphatic rings. The first kappa shape index (κ1) is 39.8. The van der Waals surface area contributed by atoms with Gasteiger partial charge in [-0.3, -0.25) is 9.59 Å². The zero-order valence-corrected chi connectivity index (χ0v) is 33.4. The number of hydrogen-bond acceptors (Lipinski definition) is 9. The van der Waals surface area contributed by atoms with Crippen LogP contribution in [0.25, 0.3) is 33.6 Å². The van der Waals surface area contributed by atoms with Crippen LogP contribution in [0.5, 0.6) is 0 Å². The predicted molar refractivity (Wildman–Crippen MR) is 215 cm³/mol. The Morgan fingerprint density at radius 3 is 1.67 bits per heavy atom. The molecule has 2 fully saturated rings. The molecule has 304 valence electrons. The zero-order chi connectivity index (χ0) is 40.9. The van der Waals surface area contributed by atoms with Crippen LogP contribution >= 0.6 is 0 Å². The van der Waals surface area contributed by atoms with E-state index in [0.717, 1.165) is 65.1 Å². The quantitative estimate of drug-likeness (QED) is 0.126. The topological polar surface area (TPSA) is 192 Å². The molecule has 2 aromatic carbocycles. The molecule has 58 heavy (non-hydrogen) atoms. The molecule has 4 atom stereocenters. The summed E-state index contributed by atoms with van der Waals surface area (Å²) in [4.78, 5) is 75.7. The molecular weight excluding hydrogens is 741 g/mol. The summed E-state index contributed by atoms with van der Waals surface area (Å²) in [5, 5.41) is 5.39. The summed E-state index contributed by atoms with van der Waals surface area (Å²) < 4.78 is 11.4. The van der Waals surface area contributed by atoms with Crippen molar-refractivity contribution in [1.29, 1.82) is 0 Å². The highest BCUT2D eigenvalue weighted by Crippen LogP contribution is 2.35. The van der Waals surface area contributed by atoms with Crippen molar-refractivity contribution in [3.05, 3.63) is 90.8 Å². The number of nitrogens with one attached hydrogen (secondary N) is 4. The van der Waals surface area contributed by atoms with E-state index in [1.54, 1.807) is 33.1 Å². The van der Waals surface area contributed by atoms with Gasteiger partial charge in [0.25, 0.3) is 0 Å². The number of aromatic nitrogens is 6. The van der Waals surface area contributed by atoms with E-state index in [0.29, 0.717) is 24.6 Å². The van der Waals surface area contributed by atoms with Crippen LogP contribution in [-0.2, 0) is 32.5 Å². The third kappa shape index (κ3) is 8.60. The first-order chi connectivity index (χ1) is 28.0. The van der Waals surface area contributed by atoms with Gasteiger partial charge in [-0.15, -0.1) is 0 Å². The van der Waals surface area contributed by atoms with Gasteiger partial charge in [0.05, 0.1) is 62.1 Å². The van der Waals surface area contributed by atoms with Crippen molar-refractivity contribution in [2.75, 3.05) is 27.3 Å². The molecule has 7 rings (SSSR count). The molecule has 0 bridgehead atoms. The van der Waals surface area contributed by atoms with Crippen LogP contribution in [0.2, 0.25) is 0 Å². The number of methoxy groups -OCH3 is 2. The second-order valence-electron chi connectivity index (χ2n) is 15.2. The van der Waals surface area contributed by atoms with E-state index in [9.17, 15) is 19.2 Å². The lowest BCUT2D eigenvalue weighted by molar-refractivity contribution is -0.135. The fourth-order valence-corrected chi connectivity index (χ4v) is 7.88. The fraction of sp³-hybridized carbons (Fsp3) is 0.405. The zero-order valence-electron chi connectivity index (χ0n) is 33.4. The Morgan fingerprint density at radius 1 is 0.724 bits per heavy atom. The Kier molecular flexibility index (Phi) is 11.9. The molecule has 4 amide bonds. The van der Waals surface area contributed by atoms with Gasteiger partial charge in [-0.25, -0.2) is 24.5 Å². The van der Waals surface area contributed by atoms with Gasteiger partial charge in [-0.05, 0) is 53.9 Å². The largest absolute Gasteiger partial charge is 0.453 e. The number of amides is 4. The molecule has 16 nitrogen and oxygen atoms in total. The third-order valence-electron chi connectivity index (χ3n) is 11.0. The average Bonchev–Trinajstić information content (AvgIpc) is 4.09. The van der Waals surface area contributed by atoms with Crippen LogP contribution in [-0.4, -0.2) is 103 Å². The van der Waals surface area contributed by atoms with E-state index in [-0.39, 0.29) is 36.2 Å². The Balaban J connectivity index is 0.999. The summed E-state index contributed by atoms with van der Waals surface area (Å²) in [5.74, 6) is 0.949. The minimum atomic E-state index is -0.835. The van der Waals surface area contributed by atoms with E-state index in [1.165, 1.54) is 14.2 Å². The number of imidazole rings is 3. The van der Waals surface area contributed by atoms with Crippen LogP contribution in [0.3, 0.4) is 0 Å². The number of carbonyl (C=O) groups excluding carboxylic acids is 4. The van der Waals surface area contributed by atoms with E-state index in [1.807, 2.05) is 51.4 Å². The van der Waals surface area contributed by atoms with Crippen molar-refractivity contribution in [2.45, 2.75) is 70.1 Å². The normalized spacial score (nSPS) is 17.6. The van der Waals surface area contributed by atoms with Crippen molar-refractivity contribution < 1.29 is 28.7 Å². The van der Waals surface area contributed by atoms with Crippen molar-refractivity contribution in [2.24, 2.45) is 13.0 Å². The second-order valence-corrected chi connectivity index (χ2v) is 15.2. The number of ether oxygens (including phenoxy) is 2. The maximum Gasteiger partial charge on any atom is 0.407 e. The summed E-state index contributed by atoms with van der Waals surface area (Å²) in [7, 11) is 4.42. The molecule has 5 aromatic rings. The monoisotopic (exact) mass is 790 g/mol. The Labute approximate surface area is 336 Å². The summed E-state index contributed by atoms with van der Waals surface area (Å²) >= 11 is 0. The van der Waals surface area contributed by atoms with Gasteiger partial charge in [0.1, 0.15) is 23.7 Å². The number of hydrogen-bond donors (Lipinski definition) is 4. The van der Waals surface area contributed by atoms with Gasteiger partial charge >= 0.3 is 12.2 Å². The first-order valence-electron chi connectivity index (χ1n) is 19.6. The number of alkyl carbamates (subject to hydrolysis) is 2. The number of benzene rings is 2. The summed E-state index contributed by atoms with van der Waals surface area (Å²) in [6, 6.07) is 14.4. The minimum Gasteiger partial charge on any atom is -0.453 e.